The molecule has 92 valence electrons. The minimum atomic E-state index is -5.08. The second kappa shape index (κ2) is 4.68. The fraction of sp³-hybridized carbons (Fsp3) is 0.125. The van der Waals surface area contributed by atoms with Crippen molar-refractivity contribution in [2.24, 2.45) is 0 Å². The molecule has 0 amide bonds. The van der Waals surface area contributed by atoms with Gasteiger partial charge in [-0.3, -0.25) is 0 Å². The molecule has 2 rings (SSSR count). The summed E-state index contributed by atoms with van der Waals surface area (Å²) in [6, 6.07) is 3.70. The molecular formula is C8H6F3N3O3. The van der Waals surface area contributed by atoms with Crippen LogP contribution in [0, 0.1) is 0 Å². The monoisotopic (exact) mass is 249 g/mol. The van der Waals surface area contributed by atoms with Crippen LogP contribution in [0.5, 0.6) is 0 Å². The molecule has 2 aromatic heterocycles. The highest BCUT2D eigenvalue weighted by Gasteiger charge is 2.38. The van der Waals surface area contributed by atoms with E-state index < -0.39 is 12.1 Å². The van der Waals surface area contributed by atoms with Gasteiger partial charge in [0.05, 0.1) is 0 Å². The zero-order chi connectivity index (χ0) is 13.1. The molecule has 9 heteroatoms. The number of fused-ring (bicyclic) bond motifs is 1. The average molecular weight is 249 g/mol. The summed E-state index contributed by atoms with van der Waals surface area (Å²) in [5.41, 5.74) is 6.45. The number of aliphatic carboxylic acids is 1. The van der Waals surface area contributed by atoms with E-state index in [0.29, 0.717) is 11.2 Å². The Hall–Kier alpha value is -2.32. The Morgan fingerprint density at radius 2 is 2.06 bits per heavy atom. The normalized spacial score (nSPS) is 10.8. The van der Waals surface area contributed by atoms with Gasteiger partial charge in [-0.05, 0) is 12.1 Å². The Labute approximate surface area is 91.9 Å². The number of alkyl halides is 3. The number of rotatable bonds is 0. The summed E-state index contributed by atoms with van der Waals surface area (Å²) >= 11 is 0. The number of oxazole rings is 1. The lowest BCUT2D eigenvalue weighted by Crippen LogP contribution is -2.21. The molecule has 0 fully saturated rings. The zero-order valence-electron chi connectivity index (χ0n) is 8.10. The maximum absolute atomic E-state index is 10.6. The molecule has 0 aliphatic rings. The van der Waals surface area contributed by atoms with Crippen LogP contribution in [0.3, 0.4) is 0 Å². The Morgan fingerprint density at radius 3 is 2.53 bits per heavy atom. The van der Waals surface area contributed by atoms with Gasteiger partial charge in [0.2, 0.25) is 5.65 Å². The lowest BCUT2D eigenvalue weighted by molar-refractivity contribution is -0.192. The van der Waals surface area contributed by atoms with Gasteiger partial charge in [-0.25, -0.2) is 9.78 Å². The summed E-state index contributed by atoms with van der Waals surface area (Å²) in [5, 5.41) is 7.12. The van der Waals surface area contributed by atoms with Crippen LogP contribution in [-0.4, -0.2) is 27.2 Å². The van der Waals surface area contributed by atoms with Crippen LogP contribution in [0.4, 0.5) is 19.2 Å². The molecule has 2 heterocycles. The van der Waals surface area contributed by atoms with Crippen molar-refractivity contribution in [3.8, 4) is 0 Å². The number of pyridine rings is 1. The summed E-state index contributed by atoms with van der Waals surface area (Å²) in [7, 11) is 0. The molecule has 0 spiro atoms. The molecule has 0 aliphatic heterocycles. The molecule has 0 saturated heterocycles. The molecule has 0 radical (unpaired) electrons. The molecule has 0 bridgehead atoms. The van der Waals surface area contributed by atoms with Crippen LogP contribution in [0.15, 0.2) is 22.7 Å². The molecule has 6 nitrogen and oxygen atoms in total. The maximum atomic E-state index is 10.6. The summed E-state index contributed by atoms with van der Waals surface area (Å²) in [5.74, 6) is -2.76. The number of nitrogen functional groups attached to an aromatic ring is 1. The van der Waals surface area contributed by atoms with Gasteiger partial charge in [-0.2, -0.15) is 18.2 Å². The first-order valence-electron chi connectivity index (χ1n) is 4.08. The van der Waals surface area contributed by atoms with Crippen LogP contribution in [0.25, 0.3) is 11.2 Å². The lowest BCUT2D eigenvalue weighted by atomic mass is 10.5. The molecule has 17 heavy (non-hydrogen) atoms. The van der Waals surface area contributed by atoms with E-state index in [-0.39, 0.29) is 6.01 Å². The molecule has 2 aromatic rings. The van der Waals surface area contributed by atoms with E-state index in [1.54, 1.807) is 18.3 Å². The first-order valence-corrected chi connectivity index (χ1v) is 4.08. The number of carboxylic acid groups (broad SMARTS) is 1. The van der Waals surface area contributed by atoms with Crippen molar-refractivity contribution in [3.63, 3.8) is 0 Å². The quantitative estimate of drug-likeness (QED) is 0.732. The van der Waals surface area contributed by atoms with Gasteiger partial charge in [0, 0.05) is 6.20 Å². The number of carbonyl (C=O) groups is 1. The minimum Gasteiger partial charge on any atom is -0.475 e. The molecular weight excluding hydrogens is 243 g/mol. The SMILES string of the molecule is Nc1nc2ncccc2o1.O=C(O)C(F)(F)F. The number of aromatic nitrogens is 2. The summed E-state index contributed by atoms with van der Waals surface area (Å²) in [6.07, 6.45) is -3.44. The van der Waals surface area contributed by atoms with E-state index in [9.17, 15) is 13.2 Å². The van der Waals surface area contributed by atoms with E-state index in [1.807, 2.05) is 0 Å². The van der Waals surface area contributed by atoms with Gasteiger partial charge < -0.3 is 15.3 Å². The van der Waals surface area contributed by atoms with E-state index in [1.165, 1.54) is 0 Å². The van der Waals surface area contributed by atoms with Crippen LogP contribution in [0.1, 0.15) is 0 Å². The van der Waals surface area contributed by atoms with E-state index >= 15 is 0 Å². The van der Waals surface area contributed by atoms with E-state index in [4.69, 9.17) is 20.1 Å². The molecule has 3 N–H and O–H groups in total. The molecule has 0 saturated carbocycles. The van der Waals surface area contributed by atoms with Crippen molar-refractivity contribution in [2.45, 2.75) is 6.18 Å². The molecule has 0 unspecified atom stereocenters. The van der Waals surface area contributed by atoms with Gasteiger partial charge in [-0.15, -0.1) is 0 Å². The van der Waals surface area contributed by atoms with Crippen LogP contribution < -0.4 is 5.73 Å². The third kappa shape index (κ3) is 3.63. The number of hydrogen-bond acceptors (Lipinski definition) is 5. The standard InChI is InChI=1S/C6H5N3O.C2HF3O2/c7-6-9-5-4(10-6)2-1-3-8-5;3-2(4,5)1(6)7/h1-3H,(H2,7,8,9);(H,6,7). The van der Waals surface area contributed by atoms with Gasteiger partial charge in [0.15, 0.2) is 5.58 Å². The number of nitrogens with zero attached hydrogens (tertiary/aromatic N) is 2. The molecule has 0 atom stereocenters. The summed E-state index contributed by atoms with van der Waals surface area (Å²) in [4.78, 5) is 16.6. The van der Waals surface area contributed by atoms with Gasteiger partial charge >= 0.3 is 12.1 Å². The van der Waals surface area contributed by atoms with Crippen molar-refractivity contribution in [1.82, 2.24) is 9.97 Å². The number of carboxylic acids is 1. The second-order valence-corrected chi connectivity index (χ2v) is 2.68. The highest BCUT2D eigenvalue weighted by Crippen LogP contribution is 2.13. The second-order valence-electron chi connectivity index (χ2n) is 2.68. The third-order valence-electron chi connectivity index (χ3n) is 1.42. The number of halogens is 3. The van der Waals surface area contributed by atoms with Crippen molar-refractivity contribution >= 4 is 23.2 Å². The Bertz CT molecular complexity index is 490. The Balaban J connectivity index is 0.000000185. The predicted molar refractivity (Wildman–Crippen MR) is 49.9 cm³/mol. The Kier molecular flexibility index (Phi) is 3.51. The first kappa shape index (κ1) is 12.7. The lowest BCUT2D eigenvalue weighted by Gasteiger charge is -1.93. The van der Waals surface area contributed by atoms with Crippen molar-refractivity contribution in [1.29, 1.82) is 0 Å². The van der Waals surface area contributed by atoms with Gasteiger partial charge in [0.1, 0.15) is 0 Å². The molecule has 0 aromatic carbocycles. The fourth-order valence-electron chi connectivity index (χ4n) is 0.786. The highest BCUT2D eigenvalue weighted by molar-refractivity contribution is 5.73. The third-order valence-corrected chi connectivity index (χ3v) is 1.42. The van der Waals surface area contributed by atoms with Crippen LogP contribution in [-0.2, 0) is 4.79 Å². The van der Waals surface area contributed by atoms with Crippen molar-refractivity contribution < 1.29 is 27.5 Å². The topological polar surface area (TPSA) is 102 Å². The van der Waals surface area contributed by atoms with Gasteiger partial charge in [0.25, 0.3) is 6.01 Å². The van der Waals surface area contributed by atoms with Crippen molar-refractivity contribution in [3.05, 3.63) is 18.3 Å². The number of nitrogens with two attached hydrogens (primary N) is 1. The Morgan fingerprint density at radius 1 is 1.47 bits per heavy atom. The van der Waals surface area contributed by atoms with Crippen LogP contribution >= 0.6 is 0 Å². The summed E-state index contributed by atoms with van der Waals surface area (Å²) < 4.78 is 36.7. The average Bonchev–Trinajstić information content (AvgIpc) is 2.57. The largest absolute Gasteiger partial charge is 0.490 e. The van der Waals surface area contributed by atoms with E-state index in [2.05, 4.69) is 9.97 Å². The maximum Gasteiger partial charge on any atom is 0.490 e. The predicted octanol–water partition coefficient (Wildman–Crippen LogP) is 1.44. The fourth-order valence-corrected chi connectivity index (χ4v) is 0.786. The number of hydrogen-bond donors (Lipinski definition) is 2. The zero-order valence-corrected chi connectivity index (χ0v) is 8.10. The first-order chi connectivity index (χ1) is 7.80. The van der Waals surface area contributed by atoms with Crippen LogP contribution in [0.2, 0.25) is 0 Å². The van der Waals surface area contributed by atoms with Crippen molar-refractivity contribution in [2.75, 3.05) is 5.73 Å². The van der Waals surface area contributed by atoms with E-state index in [0.717, 1.165) is 0 Å². The number of anilines is 1. The molecule has 0 aliphatic carbocycles. The highest BCUT2D eigenvalue weighted by atomic mass is 19.4. The smallest absolute Gasteiger partial charge is 0.475 e. The minimum absolute atomic E-state index is 0.161. The summed E-state index contributed by atoms with van der Waals surface area (Å²) in [6.45, 7) is 0. The van der Waals surface area contributed by atoms with Gasteiger partial charge in [-0.1, -0.05) is 0 Å².